The van der Waals surface area contributed by atoms with Gasteiger partial charge in [0.05, 0.1) is 0 Å². The third-order valence-corrected chi connectivity index (χ3v) is 4.21. The minimum absolute atomic E-state index is 0.000476. The Balaban J connectivity index is 1.65. The molecular formula is C17H27N3O2. The maximum Gasteiger partial charge on any atom is 0.317 e. The minimum atomic E-state index is 0.000476. The molecule has 1 unspecified atom stereocenters. The van der Waals surface area contributed by atoms with Crippen molar-refractivity contribution in [1.82, 2.24) is 10.2 Å². The lowest BCUT2D eigenvalue weighted by Crippen LogP contribution is -2.46. The molecule has 1 aliphatic rings. The average molecular weight is 305 g/mol. The molecule has 2 N–H and O–H groups in total. The van der Waals surface area contributed by atoms with E-state index >= 15 is 0 Å². The summed E-state index contributed by atoms with van der Waals surface area (Å²) in [7, 11) is 2.06. The van der Waals surface area contributed by atoms with Crippen LogP contribution in [0, 0.1) is 5.92 Å². The van der Waals surface area contributed by atoms with E-state index in [0.717, 1.165) is 32.4 Å². The number of para-hydroxylation sites is 1. The second-order valence-electron chi connectivity index (χ2n) is 5.98. The molecule has 0 saturated carbocycles. The van der Waals surface area contributed by atoms with Crippen molar-refractivity contribution in [3.63, 3.8) is 0 Å². The van der Waals surface area contributed by atoms with E-state index in [1.165, 1.54) is 5.69 Å². The van der Waals surface area contributed by atoms with Crippen molar-refractivity contribution >= 4 is 11.7 Å². The first-order chi connectivity index (χ1) is 10.7. The van der Waals surface area contributed by atoms with Gasteiger partial charge in [0.1, 0.15) is 0 Å². The molecule has 1 atom stereocenters. The number of hydrogen-bond donors (Lipinski definition) is 2. The molecule has 1 aromatic rings. The first kappa shape index (κ1) is 16.6. The van der Waals surface area contributed by atoms with Gasteiger partial charge in [-0.15, -0.1) is 0 Å². The van der Waals surface area contributed by atoms with Crippen LogP contribution < -0.4 is 10.2 Å². The van der Waals surface area contributed by atoms with Crippen molar-refractivity contribution in [3.8, 4) is 0 Å². The highest BCUT2D eigenvalue weighted by Gasteiger charge is 2.22. The predicted octanol–water partition coefficient (Wildman–Crippen LogP) is 1.93. The Labute approximate surface area is 132 Å². The van der Waals surface area contributed by atoms with E-state index in [1.807, 2.05) is 23.1 Å². The summed E-state index contributed by atoms with van der Waals surface area (Å²) < 4.78 is 0. The van der Waals surface area contributed by atoms with E-state index < -0.39 is 0 Å². The van der Waals surface area contributed by atoms with Crippen LogP contribution in [-0.4, -0.2) is 55.9 Å². The molecule has 0 spiro atoms. The van der Waals surface area contributed by atoms with Gasteiger partial charge in [-0.05, 0) is 37.3 Å². The smallest absolute Gasteiger partial charge is 0.317 e. The van der Waals surface area contributed by atoms with Gasteiger partial charge in [0.15, 0.2) is 0 Å². The Kier molecular flexibility index (Phi) is 6.52. The molecule has 1 saturated heterocycles. The van der Waals surface area contributed by atoms with E-state index in [0.29, 0.717) is 13.1 Å². The molecule has 0 radical (unpaired) electrons. The van der Waals surface area contributed by atoms with Crippen molar-refractivity contribution < 1.29 is 9.90 Å². The summed E-state index contributed by atoms with van der Waals surface area (Å²) >= 11 is 0. The average Bonchev–Trinajstić information content (AvgIpc) is 2.59. The number of piperidine rings is 1. The van der Waals surface area contributed by atoms with Crippen molar-refractivity contribution in [3.05, 3.63) is 30.3 Å². The maximum absolute atomic E-state index is 12.1. The molecule has 5 heteroatoms. The van der Waals surface area contributed by atoms with Crippen LogP contribution in [0.3, 0.4) is 0 Å². The molecule has 1 aromatic carbocycles. The number of likely N-dealkylation sites (tertiary alicyclic amines) is 1. The molecule has 2 amide bonds. The number of benzene rings is 1. The highest BCUT2D eigenvalue weighted by Crippen LogP contribution is 2.15. The van der Waals surface area contributed by atoms with Gasteiger partial charge in [-0.3, -0.25) is 0 Å². The molecule has 1 fully saturated rings. The number of urea groups is 1. The largest absolute Gasteiger partial charge is 0.396 e. The lowest BCUT2D eigenvalue weighted by atomic mass is 9.99. The van der Waals surface area contributed by atoms with Gasteiger partial charge in [-0.25, -0.2) is 4.79 Å². The summed E-state index contributed by atoms with van der Waals surface area (Å²) in [6.07, 6.45) is 2.91. The van der Waals surface area contributed by atoms with Gasteiger partial charge in [0.2, 0.25) is 0 Å². The van der Waals surface area contributed by atoms with Gasteiger partial charge in [0, 0.05) is 45.5 Å². The van der Waals surface area contributed by atoms with Gasteiger partial charge in [-0.1, -0.05) is 18.2 Å². The summed E-state index contributed by atoms with van der Waals surface area (Å²) in [6.45, 7) is 3.23. The zero-order valence-corrected chi connectivity index (χ0v) is 13.4. The Morgan fingerprint density at radius 2 is 2.18 bits per heavy atom. The van der Waals surface area contributed by atoms with Gasteiger partial charge < -0.3 is 20.2 Å². The molecule has 1 aliphatic heterocycles. The van der Waals surface area contributed by atoms with Gasteiger partial charge >= 0.3 is 6.03 Å². The number of amides is 2. The summed E-state index contributed by atoms with van der Waals surface area (Å²) in [4.78, 5) is 16.1. The molecule has 0 aliphatic carbocycles. The molecule has 1 heterocycles. The number of anilines is 1. The number of aliphatic hydroxyl groups excluding tert-OH is 1. The highest BCUT2D eigenvalue weighted by molar-refractivity contribution is 5.74. The number of nitrogens with zero attached hydrogens (tertiary/aromatic N) is 2. The molecule has 122 valence electrons. The molecule has 5 nitrogen and oxygen atoms in total. The topological polar surface area (TPSA) is 55.8 Å². The first-order valence-electron chi connectivity index (χ1n) is 8.10. The van der Waals surface area contributed by atoms with Crippen LogP contribution in [0.2, 0.25) is 0 Å². The summed E-state index contributed by atoms with van der Waals surface area (Å²) in [6, 6.07) is 10.2. The minimum Gasteiger partial charge on any atom is -0.396 e. The molecule has 22 heavy (non-hydrogen) atoms. The second-order valence-corrected chi connectivity index (χ2v) is 5.98. The summed E-state index contributed by atoms with van der Waals surface area (Å²) in [5, 5.41) is 12.2. The van der Waals surface area contributed by atoms with E-state index in [2.05, 4.69) is 29.4 Å². The third kappa shape index (κ3) is 4.91. The predicted molar refractivity (Wildman–Crippen MR) is 89.1 cm³/mol. The van der Waals surface area contributed by atoms with Crippen LogP contribution >= 0.6 is 0 Å². The number of hydrogen-bond acceptors (Lipinski definition) is 3. The lowest BCUT2D eigenvalue weighted by molar-refractivity contribution is 0.129. The monoisotopic (exact) mass is 305 g/mol. The number of aliphatic hydroxyl groups is 1. The fourth-order valence-electron chi connectivity index (χ4n) is 2.83. The van der Waals surface area contributed by atoms with Crippen molar-refractivity contribution in [2.45, 2.75) is 19.3 Å². The standard InChI is InChI=1S/C17H27N3O2/c1-19(16-8-3-2-4-9-16)11-6-10-18-17(22)20-12-5-7-15(13-20)14-21/h2-4,8-9,15,21H,5-7,10-14H2,1H3,(H,18,22). The van der Waals surface area contributed by atoms with Crippen LogP contribution in [0.5, 0.6) is 0 Å². The second kappa shape index (κ2) is 8.63. The Morgan fingerprint density at radius 1 is 1.41 bits per heavy atom. The third-order valence-electron chi connectivity index (χ3n) is 4.21. The summed E-state index contributed by atoms with van der Waals surface area (Å²) in [5.74, 6) is 0.240. The van der Waals surface area contributed by atoms with Crippen LogP contribution in [0.4, 0.5) is 10.5 Å². The zero-order valence-electron chi connectivity index (χ0n) is 13.4. The summed E-state index contributed by atoms with van der Waals surface area (Å²) in [5.41, 5.74) is 1.19. The fourth-order valence-corrected chi connectivity index (χ4v) is 2.83. The van der Waals surface area contributed by atoms with E-state index in [-0.39, 0.29) is 18.6 Å². The van der Waals surface area contributed by atoms with E-state index in [9.17, 15) is 9.90 Å². The van der Waals surface area contributed by atoms with Crippen molar-refractivity contribution in [2.75, 3.05) is 44.7 Å². The van der Waals surface area contributed by atoms with Crippen LogP contribution in [-0.2, 0) is 0 Å². The van der Waals surface area contributed by atoms with Crippen LogP contribution in [0.15, 0.2) is 30.3 Å². The number of rotatable bonds is 6. The van der Waals surface area contributed by atoms with Gasteiger partial charge in [0.25, 0.3) is 0 Å². The fraction of sp³-hybridized carbons (Fsp3) is 0.588. The van der Waals surface area contributed by atoms with Gasteiger partial charge in [-0.2, -0.15) is 0 Å². The Morgan fingerprint density at radius 3 is 2.91 bits per heavy atom. The molecule has 2 rings (SSSR count). The quantitative estimate of drug-likeness (QED) is 0.790. The van der Waals surface area contributed by atoms with Crippen molar-refractivity contribution in [2.24, 2.45) is 5.92 Å². The van der Waals surface area contributed by atoms with Crippen molar-refractivity contribution in [1.29, 1.82) is 0 Å². The molecular weight excluding hydrogens is 278 g/mol. The number of carbonyl (C=O) groups excluding carboxylic acids is 1. The Hall–Kier alpha value is -1.75. The molecule has 0 aromatic heterocycles. The first-order valence-corrected chi connectivity index (χ1v) is 8.10. The number of carbonyl (C=O) groups is 1. The highest BCUT2D eigenvalue weighted by atomic mass is 16.3. The Bertz CT molecular complexity index is 452. The van der Waals surface area contributed by atoms with E-state index in [4.69, 9.17) is 0 Å². The number of nitrogens with one attached hydrogen (secondary N) is 1. The zero-order chi connectivity index (χ0) is 15.8. The molecule has 0 bridgehead atoms. The maximum atomic E-state index is 12.1. The van der Waals surface area contributed by atoms with E-state index in [1.54, 1.807) is 0 Å². The van der Waals surface area contributed by atoms with Crippen LogP contribution in [0.1, 0.15) is 19.3 Å². The SMILES string of the molecule is CN(CCCNC(=O)N1CCCC(CO)C1)c1ccccc1. The lowest BCUT2D eigenvalue weighted by Gasteiger charge is -2.31. The normalized spacial score (nSPS) is 18.1. The van der Waals surface area contributed by atoms with Crippen LogP contribution in [0.25, 0.3) is 0 Å².